The molecule has 0 saturated carbocycles. The van der Waals surface area contributed by atoms with Gasteiger partial charge in [0.1, 0.15) is 23.8 Å². The van der Waals surface area contributed by atoms with Gasteiger partial charge in [-0.25, -0.2) is 18.4 Å². The highest BCUT2D eigenvalue weighted by atomic mass is 19.1. The summed E-state index contributed by atoms with van der Waals surface area (Å²) < 4.78 is 28.6. The molecule has 4 nitrogen and oxygen atoms in total. The van der Waals surface area contributed by atoms with Crippen LogP contribution < -0.4 is 0 Å². The van der Waals surface area contributed by atoms with E-state index in [-0.39, 0.29) is 17.5 Å². The summed E-state index contributed by atoms with van der Waals surface area (Å²) in [5.74, 6) is -1.11. The van der Waals surface area contributed by atoms with Crippen molar-refractivity contribution in [1.82, 2.24) is 14.8 Å². The number of Topliss-reactive ketones (excluding diaryl/α,β-unsaturated/α-hetero) is 1. The van der Waals surface area contributed by atoms with E-state index < -0.39 is 17.4 Å². The number of rotatable bonds is 5. The molecule has 0 N–H and O–H groups in total. The number of halogens is 2. The molecule has 112 valence electrons. The number of aryl methyl sites for hydroxylation is 1. The number of ketones is 1. The summed E-state index contributed by atoms with van der Waals surface area (Å²) in [6.45, 7) is 6.17. The Morgan fingerprint density at radius 1 is 1.29 bits per heavy atom. The Kier molecular flexibility index (Phi) is 4.45. The monoisotopic (exact) mass is 293 g/mol. The lowest BCUT2D eigenvalue weighted by molar-refractivity contribution is 0.0985. The van der Waals surface area contributed by atoms with Crippen LogP contribution in [-0.2, 0) is 13.0 Å². The summed E-state index contributed by atoms with van der Waals surface area (Å²) >= 11 is 0. The number of nitrogens with zero attached hydrogens (tertiary/aromatic N) is 3. The van der Waals surface area contributed by atoms with E-state index in [1.165, 1.54) is 19.3 Å². The lowest BCUT2D eigenvalue weighted by Gasteiger charge is -2.09. The van der Waals surface area contributed by atoms with Crippen molar-refractivity contribution < 1.29 is 13.6 Å². The second-order valence-corrected chi connectivity index (χ2v) is 5.43. The summed E-state index contributed by atoms with van der Waals surface area (Å²) in [4.78, 5) is 16.2. The van der Waals surface area contributed by atoms with Crippen molar-refractivity contribution in [1.29, 1.82) is 0 Å². The van der Waals surface area contributed by atoms with Crippen molar-refractivity contribution >= 4 is 5.78 Å². The van der Waals surface area contributed by atoms with Crippen molar-refractivity contribution in [3.05, 3.63) is 47.0 Å². The zero-order valence-electron chi connectivity index (χ0n) is 12.2. The van der Waals surface area contributed by atoms with Crippen LogP contribution in [0.3, 0.4) is 0 Å². The first-order valence-electron chi connectivity index (χ1n) is 6.74. The van der Waals surface area contributed by atoms with Crippen LogP contribution in [0, 0.1) is 24.5 Å². The van der Waals surface area contributed by atoms with Crippen LogP contribution in [0.2, 0.25) is 0 Å². The molecule has 1 aromatic heterocycles. The Hall–Kier alpha value is -2.11. The maximum atomic E-state index is 13.7. The summed E-state index contributed by atoms with van der Waals surface area (Å²) in [6, 6.07) is 1.97. The maximum Gasteiger partial charge on any atom is 0.173 e. The number of hydrogen-bond acceptors (Lipinski definition) is 3. The second kappa shape index (κ2) is 6.11. The molecule has 0 bridgehead atoms. The van der Waals surface area contributed by atoms with Crippen molar-refractivity contribution in [2.45, 2.75) is 33.7 Å². The second-order valence-electron chi connectivity index (χ2n) is 5.43. The van der Waals surface area contributed by atoms with E-state index in [9.17, 15) is 13.6 Å². The molecular formula is C15H17F2N3O. The van der Waals surface area contributed by atoms with Gasteiger partial charge in [0.2, 0.25) is 0 Å². The van der Waals surface area contributed by atoms with Crippen LogP contribution in [0.5, 0.6) is 0 Å². The van der Waals surface area contributed by atoms with Crippen LogP contribution in [-0.4, -0.2) is 20.5 Å². The lowest BCUT2D eigenvalue weighted by atomic mass is 10.0. The van der Waals surface area contributed by atoms with Crippen LogP contribution in [0.25, 0.3) is 0 Å². The van der Waals surface area contributed by atoms with E-state index >= 15 is 0 Å². The Morgan fingerprint density at radius 3 is 2.67 bits per heavy atom. The smallest absolute Gasteiger partial charge is 0.173 e. The van der Waals surface area contributed by atoms with E-state index in [0.717, 1.165) is 6.07 Å². The Balaban J connectivity index is 2.23. The summed E-state index contributed by atoms with van der Waals surface area (Å²) in [5.41, 5.74) is 0.122. The van der Waals surface area contributed by atoms with Gasteiger partial charge in [-0.15, -0.1) is 0 Å². The minimum Gasteiger partial charge on any atom is -0.294 e. The molecule has 6 heteroatoms. The highest BCUT2D eigenvalue weighted by Crippen LogP contribution is 2.16. The first-order chi connectivity index (χ1) is 9.88. The summed E-state index contributed by atoms with van der Waals surface area (Å²) in [5, 5.41) is 4.06. The van der Waals surface area contributed by atoms with Crippen molar-refractivity contribution in [2.24, 2.45) is 5.92 Å². The van der Waals surface area contributed by atoms with Crippen LogP contribution >= 0.6 is 0 Å². The molecule has 0 aliphatic heterocycles. The predicted molar refractivity (Wildman–Crippen MR) is 74.0 cm³/mol. The Bertz CT molecular complexity index is 665. The zero-order chi connectivity index (χ0) is 15.6. The minimum atomic E-state index is -0.849. The lowest BCUT2D eigenvalue weighted by Crippen LogP contribution is -2.15. The normalized spacial score (nSPS) is 11.1. The fourth-order valence-corrected chi connectivity index (χ4v) is 2.03. The third kappa shape index (κ3) is 3.51. The van der Waals surface area contributed by atoms with Crippen molar-refractivity contribution in [2.75, 3.05) is 0 Å². The van der Waals surface area contributed by atoms with Gasteiger partial charge in [0.15, 0.2) is 5.78 Å². The van der Waals surface area contributed by atoms with Gasteiger partial charge in [-0.05, 0) is 24.5 Å². The Morgan fingerprint density at radius 2 is 2.00 bits per heavy atom. The fraction of sp³-hybridized carbons (Fsp3) is 0.400. The van der Waals surface area contributed by atoms with Crippen LogP contribution in [0.1, 0.15) is 35.6 Å². The maximum absolute atomic E-state index is 13.7. The summed E-state index contributed by atoms with van der Waals surface area (Å²) in [7, 11) is 0. The number of hydrogen-bond donors (Lipinski definition) is 0. The zero-order valence-corrected chi connectivity index (χ0v) is 12.2. The number of aromatic nitrogens is 3. The standard InChI is InChI=1S/C15H17F2N3O/c1-9(2)7-20-15(18-8-19-20)6-14(21)11-4-10(3)12(16)5-13(11)17/h4-5,8-9H,6-7H2,1-3H3. The first kappa shape index (κ1) is 15.3. The molecule has 0 unspecified atom stereocenters. The number of carbonyl (C=O) groups is 1. The molecule has 2 rings (SSSR count). The SMILES string of the molecule is Cc1cc(C(=O)Cc2ncnn2CC(C)C)c(F)cc1F. The van der Waals surface area contributed by atoms with E-state index in [1.54, 1.807) is 4.68 Å². The molecule has 0 saturated heterocycles. The molecular weight excluding hydrogens is 276 g/mol. The van der Waals surface area contributed by atoms with E-state index in [4.69, 9.17) is 0 Å². The average molecular weight is 293 g/mol. The highest BCUT2D eigenvalue weighted by molar-refractivity contribution is 5.97. The van der Waals surface area contributed by atoms with Crippen LogP contribution in [0.4, 0.5) is 8.78 Å². The average Bonchev–Trinajstić information content (AvgIpc) is 2.80. The molecule has 1 heterocycles. The first-order valence-corrected chi connectivity index (χ1v) is 6.74. The molecule has 0 aliphatic carbocycles. The van der Waals surface area contributed by atoms with Crippen molar-refractivity contribution in [3.8, 4) is 0 Å². The van der Waals surface area contributed by atoms with Gasteiger partial charge in [-0.1, -0.05) is 13.8 Å². The Labute approximate surface area is 121 Å². The molecule has 0 spiro atoms. The van der Waals surface area contributed by atoms with E-state index in [2.05, 4.69) is 10.1 Å². The van der Waals surface area contributed by atoms with E-state index in [1.807, 2.05) is 13.8 Å². The molecule has 2 aromatic rings. The van der Waals surface area contributed by atoms with Gasteiger partial charge < -0.3 is 0 Å². The van der Waals surface area contributed by atoms with Gasteiger partial charge in [-0.3, -0.25) is 4.79 Å². The number of benzene rings is 1. The third-order valence-electron chi connectivity index (χ3n) is 3.10. The molecule has 0 aliphatic rings. The molecule has 0 radical (unpaired) electrons. The molecule has 0 fully saturated rings. The highest BCUT2D eigenvalue weighted by Gasteiger charge is 2.18. The molecule has 0 amide bonds. The quantitative estimate of drug-likeness (QED) is 0.796. The largest absolute Gasteiger partial charge is 0.294 e. The van der Waals surface area contributed by atoms with Crippen molar-refractivity contribution in [3.63, 3.8) is 0 Å². The predicted octanol–water partition coefficient (Wildman–Crippen LogP) is 2.95. The van der Waals surface area contributed by atoms with E-state index in [0.29, 0.717) is 18.3 Å². The fourth-order valence-electron chi connectivity index (χ4n) is 2.03. The topological polar surface area (TPSA) is 47.8 Å². The molecule has 1 aromatic carbocycles. The van der Waals surface area contributed by atoms with Crippen LogP contribution in [0.15, 0.2) is 18.5 Å². The third-order valence-corrected chi connectivity index (χ3v) is 3.10. The van der Waals surface area contributed by atoms with Gasteiger partial charge in [0.05, 0.1) is 12.0 Å². The number of carbonyl (C=O) groups excluding carboxylic acids is 1. The van der Waals surface area contributed by atoms with Gasteiger partial charge in [0.25, 0.3) is 0 Å². The molecule has 21 heavy (non-hydrogen) atoms. The van der Waals surface area contributed by atoms with Gasteiger partial charge >= 0.3 is 0 Å². The van der Waals surface area contributed by atoms with Gasteiger partial charge in [0, 0.05) is 12.6 Å². The van der Waals surface area contributed by atoms with Gasteiger partial charge in [-0.2, -0.15) is 5.10 Å². The summed E-state index contributed by atoms with van der Waals surface area (Å²) in [6.07, 6.45) is 1.31. The minimum absolute atomic E-state index is 0.0608. The molecule has 0 atom stereocenters.